The molecular formula is C8H14N4. The van der Waals surface area contributed by atoms with Gasteiger partial charge in [-0.15, -0.1) is 0 Å². The molecule has 0 saturated heterocycles. The number of rotatable bonds is 1. The smallest absolute Gasteiger partial charge is 0.153 e. The second-order valence-electron chi connectivity index (χ2n) is 3.45. The van der Waals surface area contributed by atoms with Crippen LogP contribution in [0.15, 0.2) is 0 Å². The van der Waals surface area contributed by atoms with Crippen molar-refractivity contribution in [3.05, 3.63) is 11.6 Å². The summed E-state index contributed by atoms with van der Waals surface area (Å²) in [6, 6.07) is 0. The van der Waals surface area contributed by atoms with Gasteiger partial charge in [-0.2, -0.15) is 5.10 Å². The Balaban J connectivity index is 2.32. The highest BCUT2D eigenvalue weighted by molar-refractivity contribution is 4.99. The minimum absolute atomic E-state index is 0.433. The number of hydrogen-bond acceptors (Lipinski definition) is 3. The molecule has 1 aromatic heterocycles. The van der Waals surface area contributed by atoms with E-state index in [0.29, 0.717) is 5.92 Å². The Morgan fingerprint density at radius 2 is 2.33 bits per heavy atom. The lowest BCUT2D eigenvalue weighted by molar-refractivity contribution is 0.445. The molecule has 0 atom stereocenters. The maximum Gasteiger partial charge on any atom is 0.153 e. The zero-order valence-electron chi connectivity index (χ0n) is 7.54. The molecule has 0 radical (unpaired) electrons. The van der Waals surface area contributed by atoms with Crippen LogP contribution in [0.1, 0.15) is 31.4 Å². The average Bonchev–Trinajstić information content (AvgIpc) is 2.46. The summed E-state index contributed by atoms with van der Waals surface area (Å²) >= 11 is 0. The summed E-state index contributed by atoms with van der Waals surface area (Å²) < 4.78 is 1.96. The van der Waals surface area contributed by atoms with E-state index in [2.05, 4.69) is 29.2 Å². The van der Waals surface area contributed by atoms with Crippen molar-refractivity contribution in [1.29, 1.82) is 0 Å². The van der Waals surface area contributed by atoms with Gasteiger partial charge < -0.3 is 0 Å². The fourth-order valence-corrected chi connectivity index (χ4v) is 1.33. The van der Waals surface area contributed by atoms with Gasteiger partial charge in [-0.05, 0) is 0 Å². The van der Waals surface area contributed by atoms with E-state index in [1.807, 2.05) is 4.68 Å². The van der Waals surface area contributed by atoms with E-state index in [9.17, 15) is 0 Å². The molecule has 1 aliphatic heterocycles. The van der Waals surface area contributed by atoms with E-state index in [1.165, 1.54) is 0 Å². The Bertz CT molecular complexity index is 253. The second kappa shape index (κ2) is 2.86. The first kappa shape index (κ1) is 7.73. The maximum atomic E-state index is 4.46. The standard InChI is InChI=1S/C8H14N4/c1-6(2)8-10-7-3-4-9-5-12(7)11-8/h6,9H,3-5H2,1-2H3. The van der Waals surface area contributed by atoms with Crippen molar-refractivity contribution in [2.75, 3.05) is 6.54 Å². The van der Waals surface area contributed by atoms with Crippen LogP contribution in [0.4, 0.5) is 0 Å². The van der Waals surface area contributed by atoms with E-state index >= 15 is 0 Å². The van der Waals surface area contributed by atoms with Gasteiger partial charge in [0.2, 0.25) is 0 Å². The van der Waals surface area contributed by atoms with Crippen LogP contribution in [-0.2, 0) is 13.1 Å². The Labute approximate surface area is 72.0 Å². The Kier molecular flexibility index (Phi) is 1.84. The van der Waals surface area contributed by atoms with Gasteiger partial charge >= 0.3 is 0 Å². The number of fused-ring (bicyclic) bond motifs is 1. The molecular weight excluding hydrogens is 152 g/mol. The van der Waals surface area contributed by atoms with Gasteiger partial charge in [-0.1, -0.05) is 13.8 Å². The monoisotopic (exact) mass is 166 g/mol. The number of aromatic nitrogens is 3. The van der Waals surface area contributed by atoms with Crippen molar-refractivity contribution in [1.82, 2.24) is 20.1 Å². The van der Waals surface area contributed by atoms with Crippen LogP contribution < -0.4 is 5.32 Å². The van der Waals surface area contributed by atoms with Crippen molar-refractivity contribution in [2.45, 2.75) is 32.9 Å². The van der Waals surface area contributed by atoms with E-state index < -0.39 is 0 Å². The third kappa shape index (κ3) is 1.22. The van der Waals surface area contributed by atoms with Gasteiger partial charge in [0.1, 0.15) is 5.82 Å². The largest absolute Gasteiger partial charge is 0.298 e. The van der Waals surface area contributed by atoms with Crippen LogP contribution in [0.25, 0.3) is 0 Å². The predicted octanol–water partition coefficient (Wildman–Crippen LogP) is 0.505. The molecule has 2 heterocycles. The molecule has 1 aromatic rings. The molecule has 0 bridgehead atoms. The lowest BCUT2D eigenvalue weighted by Gasteiger charge is -2.12. The molecule has 0 saturated carbocycles. The summed E-state index contributed by atoms with van der Waals surface area (Å²) in [5, 5.41) is 7.65. The molecule has 0 spiro atoms. The summed E-state index contributed by atoms with van der Waals surface area (Å²) in [6.07, 6.45) is 1.000. The molecule has 4 heteroatoms. The van der Waals surface area contributed by atoms with Crippen LogP contribution in [-0.4, -0.2) is 21.3 Å². The third-order valence-electron chi connectivity index (χ3n) is 2.07. The molecule has 4 nitrogen and oxygen atoms in total. The lowest BCUT2D eigenvalue weighted by Crippen LogP contribution is -2.29. The van der Waals surface area contributed by atoms with Crippen molar-refractivity contribution in [3.8, 4) is 0 Å². The number of nitrogens with one attached hydrogen (secondary N) is 1. The number of hydrogen-bond donors (Lipinski definition) is 1. The van der Waals surface area contributed by atoms with Crippen molar-refractivity contribution >= 4 is 0 Å². The Hall–Kier alpha value is -0.900. The van der Waals surface area contributed by atoms with Crippen LogP contribution in [0, 0.1) is 0 Å². The van der Waals surface area contributed by atoms with Gasteiger partial charge in [-0.25, -0.2) is 9.67 Å². The number of nitrogens with zero attached hydrogens (tertiary/aromatic N) is 3. The van der Waals surface area contributed by atoms with Crippen molar-refractivity contribution in [2.24, 2.45) is 0 Å². The molecule has 0 unspecified atom stereocenters. The van der Waals surface area contributed by atoms with Gasteiger partial charge in [0.25, 0.3) is 0 Å². The molecule has 0 aliphatic carbocycles. The molecule has 0 amide bonds. The first-order valence-electron chi connectivity index (χ1n) is 4.41. The normalized spacial score (nSPS) is 16.6. The van der Waals surface area contributed by atoms with Gasteiger partial charge in [-0.3, -0.25) is 5.32 Å². The van der Waals surface area contributed by atoms with Crippen molar-refractivity contribution in [3.63, 3.8) is 0 Å². The molecule has 0 aromatic carbocycles. The second-order valence-corrected chi connectivity index (χ2v) is 3.45. The average molecular weight is 166 g/mol. The third-order valence-corrected chi connectivity index (χ3v) is 2.07. The van der Waals surface area contributed by atoms with Gasteiger partial charge in [0, 0.05) is 18.9 Å². The first-order chi connectivity index (χ1) is 5.77. The van der Waals surface area contributed by atoms with Crippen LogP contribution >= 0.6 is 0 Å². The SMILES string of the molecule is CC(C)c1nc2n(n1)CNCC2. The van der Waals surface area contributed by atoms with E-state index in [1.54, 1.807) is 0 Å². The summed E-state index contributed by atoms with van der Waals surface area (Å²) in [7, 11) is 0. The molecule has 66 valence electrons. The van der Waals surface area contributed by atoms with Crippen LogP contribution in [0.2, 0.25) is 0 Å². The zero-order chi connectivity index (χ0) is 8.55. The summed E-state index contributed by atoms with van der Waals surface area (Å²) in [4.78, 5) is 4.46. The highest BCUT2D eigenvalue weighted by Crippen LogP contribution is 2.11. The summed E-state index contributed by atoms with van der Waals surface area (Å²) in [5.74, 6) is 2.52. The molecule has 12 heavy (non-hydrogen) atoms. The first-order valence-corrected chi connectivity index (χ1v) is 4.41. The predicted molar refractivity (Wildman–Crippen MR) is 45.8 cm³/mol. The summed E-state index contributed by atoms with van der Waals surface area (Å²) in [5.41, 5.74) is 0. The zero-order valence-corrected chi connectivity index (χ0v) is 7.54. The van der Waals surface area contributed by atoms with Gasteiger partial charge in [0.15, 0.2) is 5.82 Å². The highest BCUT2D eigenvalue weighted by atomic mass is 15.4. The highest BCUT2D eigenvalue weighted by Gasteiger charge is 2.14. The van der Waals surface area contributed by atoms with E-state index in [-0.39, 0.29) is 0 Å². The minimum atomic E-state index is 0.433. The Morgan fingerprint density at radius 3 is 3.00 bits per heavy atom. The quantitative estimate of drug-likeness (QED) is 0.660. The fraction of sp³-hybridized carbons (Fsp3) is 0.750. The lowest BCUT2D eigenvalue weighted by atomic mass is 10.2. The Morgan fingerprint density at radius 1 is 1.50 bits per heavy atom. The minimum Gasteiger partial charge on any atom is -0.298 e. The van der Waals surface area contributed by atoms with E-state index in [4.69, 9.17) is 0 Å². The molecule has 0 fully saturated rings. The topological polar surface area (TPSA) is 42.7 Å². The van der Waals surface area contributed by atoms with Crippen LogP contribution in [0.3, 0.4) is 0 Å². The molecule has 1 N–H and O–H groups in total. The maximum absolute atomic E-state index is 4.46. The fourth-order valence-electron chi connectivity index (χ4n) is 1.33. The van der Waals surface area contributed by atoms with Crippen molar-refractivity contribution < 1.29 is 0 Å². The van der Waals surface area contributed by atoms with Gasteiger partial charge in [0.05, 0.1) is 6.67 Å². The van der Waals surface area contributed by atoms with E-state index in [0.717, 1.165) is 31.3 Å². The summed E-state index contributed by atoms with van der Waals surface area (Å²) in [6.45, 7) is 6.08. The molecule has 1 aliphatic rings. The van der Waals surface area contributed by atoms with Crippen LogP contribution in [0.5, 0.6) is 0 Å². The molecule has 2 rings (SSSR count).